The highest BCUT2D eigenvalue weighted by atomic mass is 32.2. The van der Waals surface area contributed by atoms with Crippen LogP contribution in [0, 0.1) is 0 Å². The van der Waals surface area contributed by atoms with Gasteiger partial charge in [-0.1, -0.05) is 271 Å². The zero-order chi connectivity index (χ0) is 33.8. The summed E-state index contributed by atoms with van der Waals surface area (Å²) in [5, 5.41) is 0. The lowest BCUT2D eigenvalue weighted by Gasteiger charge is -2.05. The Morgan fingerprint density at radius 1 is 0.170 bits per heavy atom. The summed E-state index contributed by atoms with van der Waals surface area (Å²) in [6.07, 6.45) is 62.1. The molecule has 0 radical (unpaired) electrons. The van der Waals surface area contributed by atoms with Gasteiger partial charge in [0.05, 0.1) is 0 Å². The van der Waals surface area contributed by atoms with Crippen LogP contribution in [0.5, 0.6) is 0 Å². The molecule has 0 rings (SSSR count). The van der Waals surface area contributed by atoms with E-state index in [1.54, 1.807) is 0 Å². The van der Waals surface area contributed by atoms with Gasteiger partial charge in [0.25, 0.3) is 0 Å². The molecule has 0 aliphatic carbocycles. The van der Waals surface area contributed by atoms with Gasteiger partial charge in [-0.3, -0.25) is 0 Å². The summed E-state index contributed by atoms with van der Waals surface area (Å²) in [7, 11) is 0. The van der Waals surface area contributed by atoms with E-state index in [-0.39, 0.29) is 0 Å². The van der Waals surface area contributed by atoms with Crippen LogP contribution in [0.4, 0.5) is 0 Å². The molecule has 0 bridgehead atoms. The largest absolute Gasteiger partial charge is 0.162 e. The van der Waals surface area contributed by atoms with Crippen LogP contribution in [0.15, 0.2) is 0 Å². The first-order valence-corrected chi connectivity index (χ1v) is 24.1. The molecule has 47 heavy (non-hydrogen) atoms. The van der Waals surface area contributed by atoms with Gasteiger partial charge in [-0.05, 0) is 24.3 Å². The van der Waals surface area contributed by atoms with Crippen LogP contribution in [0.1, 0.15) is 284 Å². The van der Waals surface area contributed by atoms with Crippen molar-refractivity contribution in [1.82, 2.24) is 0 Å². The molecule has 0 nitrogen and oxygen atoms in total. The number of thioether (sulfide) groups is 1. The Kier molecular flexibility index (Phi) is 46.7. The summed E-state index contributed by atoms with van der Waals surface area (Å²) in [5.74, 6) is 2.83. The second kappa shape index (κ2) is 46.4. The molecule has 0 N–H and O–H groups in total. The van der Waals surface area contributed by atoms with Crippen LogP contribution in [0.3, 0.4) is 0 Å². The number of rotatable bonds is 44. The van der Waals surface area contributed by atoms with Crippen LogP contribution in [0.2, 0.25) is 0 Å². The van der Waals surface area contributed by atoms with E-state index in [4.69, 9.17) is 0 Å². The Labute approximate surface area is 305 Å². The zero-order valence-electron chi connectivity index (χ0n) is 33.5. The van der Waals surface area contributed by atoms with E-state index in [1.807, 2.05) is 0 Å². The van der Waals surface area contributed by atoms with Crippen LogP contribution >= 0.6 is 11.8 Å². The van der Waals surface area contributed by atoms with Crippen LogP contribution in [-0.4, -0.2) is 11.5 Å². The molecule has 0 aromatic heterocycles. The molecule has 0 atom stereocenters. The van der Waals surface area contributed by atoms with Gasteiger partial charge < -0.3 is 0 Å². The van der Waals surface area contributed by atoms with Gasteiger partial charge in [-0.25, -0.2) is 0 Å². The standard InChI is InChI=1S/C46H94S/c1-3-5-7-9-11-13-15-17-19-21-23-25-26-28-30-32-34-36-38-40-42-44-46-47-45-43-41-39-37-35-33-31-29-27-24-22-20-18-16-14-12-10-8-6-4-2/h3-46H2,1-2H3. The van der Waals surface area contributed by atoms with Gasteiger partial charge in [-0.15, -0.1) is 0 Å². The van der Waals surface area contributed by atoms with E-state index in [1.165, 1.54) is 281 Å². The first-order valence-electron chi connectivity index (χ1n) is 23.0. The van der Waals surface area contributed by atoms with Crippen molar-refractivity contribution in [2.24, 2.45) is 0 Å². The third kappa shape index (κ3) is 46.3. The van der Waals surface area contributed by atoms with E-state index in [2.05, 4.69) is 25.6 Å². The van der Waals surface area contributed by atoms with Crippen molar-refractivity contribution in [3.63, 3.8) is 0 Å². The Morgan fingerprint density at radius 2 is 0.298 bits per heavy atom. The van der Waals surface area contributed by atoms with Crippen LogP contribution in [0.25, 0.3) is 0 Å². The van der Waals surface area contributed by atoms with Gasteiger partial charge in [0.15, 0.2) is 0 Å². The average molecular weight is 679 g/mol. The van der Waals surface area contributed by atoms with Crippen molar-refractivity contribution >= 4 is 11.8 Å². The predicted octanol–water partition coefficient (Wildman–Crippen LogP) is 18.1. The lowest BCUT2D eigenvalue weighted by Crippen LogP contribution is -1.87. The SMILES string of the molecule is CCCCCCCCCCCCCCCCCCCCCCCCSCCCCCCCCCCCCCCCCCCCCCC. The van der Waals surface area contributed by atoms with Crippen molar-refractivity contribution < 1.29 is 0 Å². The summed E-state index contributed by atoms with van der Waals surface area (Å²) < 4.78 is 0. The molecule has 0 saturated carbocycles. The maximum absolute atomic E-state index is 2.31. The van der Waals surface area contributed by atoms with Crippen molar-refractivity contribution in [2.45, 2.75) is 284 Å². The fourth-order valence-electron chi connectivity index (χ4n) is 7.37. The Hall–Kier alpha value is 0.350. The van der Waals surface area contributed by atoms with Crippen molar-refractivity contribution in [3.8, 4) is 0 Å². The molecule has 0 aliphatic heterocycles. The molecular formula is C46H94S. The van der Waals surface area contributed by atoms with Crippen LogP contribution in [-0.2, 0) is 0 Å². The molecule has 0 fully saturated rings. The fraction of sp³-hybridized carbons (Fsp3) is 1.00. The Bertz CT molecular complexity index is 457. The monoisotopic (exact) mass is 679 g/mol. The molecule has 0 aliphatic rings. The Morgan fingerprint density at radius 3 is 0.447 bits per heavy atom. The van der Waals surface area contributed by atoms with Crippen molar-refractivity contribution in [3.05, 3.63) is 0 Å². The molecule has 0 amide bonds. The third-order valence-electron chi connectivity index (χ3n) is 10.8. The maximum Gasteiger partial charge on any atom is -0.00675 e. The summed E-state index contributed by atoms with van der Waals surface area (Å²) >= 11 is 2.23. The first-order chi connectivity index (χ1) is 23.4. The topological polar surface area (TPSA) is 0 Å². The van der Waals surface area contributed by atoms with Crippen LogP contribution < -0.4 is 0 Å². The predicted molar refractivity (Wildman–Crippen MR) is 223 cm³/mol. The van der Waals surface area contributed by atoms with Gasteiger partial charge in [0.2, 0.25) is 0 Å². The van der Waals surface area contributed by atoms with E-state index < -0.39 is 0 Å². The number of unbranched alkanes of at least 4 members (excludes halogenated alkanes) is 40. The van der Waals surface area contributed by atoms with Gasteiger partial charge >= 0.3 is 0 Å². The average Bonchev–Trinajstić information content (AvgIpc) is 3.08. The minimum atomic E-state index is 1.37. The molecular weight excluding hydrogens is 585 g/mol. The maximum atomic E-state index is 2.31. The summed E-state index contributed by atoms with van der Waals surface area (Å²) in [6.45, 7) is 4.62. The van der Waals surface area contributed by atoms with Crippen molar-refractivity contribution in [2.75, 3.05) is 11.5 Å². The highest BCUT2D eigenvalue weighted by Gasteiger charge is 1.98. The fourth-order valence-corrected chi connectivity index (χ4v) is 8.39. The lowest BCUT2D eigenvalue weighted by atomic mass is 10.0. The quantitative estimate of drug-likeness (QED) is 0.0578. The Balaban J connectivity index is 3.03. The first kappa shape index (κ1) is 47.4. The number of hydrogen-bond donors (Lipinski definition) is 0. The molecule has 0 unspecified atom stereocenters. The minimum Gasteiger partial charge on any atom is -0.162 e. The summed E-state index contributed by atoms with van der Waals surface area (Å²) in [4.78, 5) is 0. The zero-order valence-corrected chi connectivity index (χ0v) is 34.3. The second-order valence-corrected chi connectivity index (χ2v) is 17.0. The van der Waals surface area contributed by atoms with Gasteiger partial charge in [0.1, 0.15) is 0 Å². The molecule has 0 saturated heterocycles. The molecule has 0 aromatic carbocycles. The van der Waals surface area contributed by atoms with Gasteiger partial charge in [0, 0.05) is 0 Å². The van der Waals surface area contributed by atoms with Crippen molar-refractivity contribution in [1.29, 1.82) is 0 Å². The van der Waals surface area contributed by atoms with Gasteiger partial charge in [-0.2, -0.15) is 11.8 Å². The minimum absolute atomic E-state index is 1.37. The molecule has 0 aromatic rings. The summed E-state index contributed by atoms with van der Waals surface area (Å²) in [5.41, 5.74) is 0. The summed E-state index contributed by atoms with van der Waals surface area (Å²) in [6, 6.07) is 0. The highest BCUT2D eigenvalue weighted by molar-refractivity contribution is 7.99. The highest BCUT2D eigenvalue weighted by Crippen LogP contribution is 2.18. The van der Waals surface area contributed by atoms with E-state index in [0.717, 1.165) is 0 Å². The normalized spacial score (nSPS) is 11.6. The molecule has 0 spiro atoms. The van der Waals surface area contributed by atoms with E-state index in [0.29, 0.717) is 0 Å². The lowest BCUT2D eigenvalue weighted by molar-refractivity contribution is 0.520. The third-order valence-corrected chi connectivity index (χ3v) is 11.9. The van der Waals surface area contributed by atoms with E-state index in [9.17, 15) is 0 Å². The number of hydrogen-bond acceptors (Lipinski definition) is 1. The molecule has 0 heterocycles. The molecule has 284 valence electrons. The van der Waals surface area contributed by atoms with E-state index >= 15 is 0 Å². The smallest absolute Gasteiger partial charge is 0.00675 e. The second-order valence-electron chi connectivity index (χ2n) is 15.8. The molecule has 1 heteroatoms.